The van der Waals surface area contributed by atoms with Crippen LogP contribution in [-0.4, -0.2) is 24.3 Å². The Morgan fingerprint density at radius 2 is 2.25 bits per heavy atom. The van der Waals surface area contributed by atoms with Crippen LogP contribution in [0.2, 0.25) is 0 Å². The molecule has 20 heavy (non-hydrogen) atoms. The molecule has 0 bridgehead atoms. The molecule has 1 amide bonds. The van der Waals surface area contributed by atoms with Gasteiger partial charge in [-0.25, -0.2) is 4.39 Å². The number of hydrogen-bond donors (Lipinski definition) is 1. The van der Waals surface area contributed by atoms with Gasteiger partial charge in [0.1, 0.15) is 11.9 Å². The van der Waals surface area contributed by atoms with Gasteiger partial charge >= 0.3 is 0 Å². The zero-order valence-corrected chi connectivity index (χ0v) is 11.1. The molecular formula is C15H15FN2O2. The molecule has 4 nitrogen and oxygen atoms in total. The first kappa shape index (κ1) is 14.1. The van der Waals surface area contributed by atoms with Crippen molar-refractivity contribution in [1.29, 1.82) is 0 Å². The van der Waals surface area contributed by atoms with Crippen LogP contribution in [-0.2, 0) is 16.1 Å². The van der Waals surface area contributed by atoms with E-state index in [1.165, 1.54) is 12.1 Å². The van der Waals surface area contributed by atoms with E-state index in [2.05, 4.69) is 22.3 Å². The van der Waals surface area contributed by atoms with Gasteiger partial charge in [0, 0.05) is 12.8 Å². The minimum absolute atomic E-state index is 0.159. The monoisotopic (exact) mass is 274 g/mol. The Morgan fingerprint density at radius 1 is 1.50 bits per heavy atom. The van der Waals surface area contributed by atoms with E-state index in [9.17, 15) is 9.18 Å². The second kappa shape index (κ2) is 6.71. The fraction of sp³-hybridized carbons (Fsp3) is 0.333. The van der Waals surface area contributed by atoms with Gasteiger partial charge in [-0.15, -0.1) is 0 Å². The van der Waals surface area contributed by atoms with Crippen LogP contribution >= 0.6 is 0 Å². The molecule has 0 aliphatic carbocycles. The van der Waals surface area contributed by atoms with E-state index in [-0.39, 0.29) is 17.8 Å². The highest BCUT2D eigenvalue weighted by molar-refractivity contribution is 5.93. The van der Waals surface area contributed by atoms with Crippen molar-refractivity contribution < 1.29 is 14.0 Å². The highest BCUT2D eigenvalue weighted by Gasteiger charge is 2.21. The molecule has 1 aliphatic rings. The van der Waals surface area contributed by atoms with Crippen molar-refractivity contribution in [2.75, 3.05) is 6.54 Å². The fourth-order valence-electron chi connectivity index (χ4n) is 1.90. The van der Waals surface area contributed by atoms with Crippen LogP contribution < -0.4 is 5.32 Å². The lowest BCUT2D eigenvalue weighted by Gasteiger charge is -2.07. The topological polar surface area (TPSA) is 50.7 Å². The largest absolute Gasteiger partial charge is 0.390 e. The molecule has 5 heteroatoms. The molecule has 2 rings (SSSR count). The minimum Gasteiger partial charge on any atom is -0.390 e. The normalized spacial score (nSPS) is 16.7. The molecule has 1 heterocycles. The van der Waals surface area contributed by atoms with Crippen molar-refractivity contribution in [2.45, 2.75) is 25.9 Å². The average molecular weight is 274 g/mol. The maximum atomic E-state index is 12.8. The molecule has 1 atom stereocenters. The third-order valence-corrected chi connectivity index (χ3v) is 2.84. The summed E-state index contributed by atoms with van der Waals surface area (Å²) < 4.78 is 12.8. The summed E-state index contributed by atoms with van der Waals surface area (Å²) in [6, 6.07) is 6.30. The first-order valence-electron chi connectivity index (χ1n) is 6.34. The predicted molar refractivity (Wildman–Crippen MR) is 73.5 cm³/mol. The quantitative estimate of drug-likeness (QED) is 0.849. The Balaban J connectivity index is 1.78. The SMILES string of the molecule is CC#CC(=O)NC[C@H]1CC(Cc2ccc(F)cc2)=NO1. The molecule has 0 spiro atoms. The number of oxime groups is 1. The van der Waals surface area contributed by atoms with E-state index in [0.717, 1.165) is 11.3 Å². The van der Waals surface area contributed by atoms with E-state index in [1.54, 1.807) is 19.1 Å². The van der Waals surface area contributed by atoms with Crippen LogP contribution in [0.5, 0.6) is 0 Å². The number of nitrogens with zero attached hydrogens (tertiary/aromatic N) is 1. The molecule has 1 aliphatic heterocycles. The van der Waals surface area contributed by atoms with Crippen molar-refractivity contribution in [3.63, 3.8) is 0 Å². The van der Waals surface area contributed by atoms with Gasteiger partial charge in [0.05, 0.1) is 12.3 Å². The molecule has 0 saturated heterocycles. The third-order valence-electron chi connectivity index (χ3n) is 2.84. The summed E-state index contributed by atoms with van der Waals surface area (Å²) in [6.45, 7) is 1.99. The van der Waals surface area contributed by atoms with Gasteiger partial charge in [0.15, 0.2) is 0 Å². The van der Waals surface area contributed by atoms with Gasteiger partial charge in [0.25, 0.3) is 5.91 Å². The second-order valence-corrected chi connectivity index (χ2v) is 4.48. The maximum absolute atomic E-state index is 12.8. The first-order valence-corrected chi connectivity index (χ1v) is 6.34. The highest BCUT2D eigenvalue weighted by Crippen LogP contribution is 2.14. The Bertz CT molecular complexity index is 570. The van der Waals surface area contributed by atoms with Crippen LogP contribution in [0.3, 0.4) is 0 Å². The molecule has 1 N–H and O–H groups in total. The Morgan fingerprint density at radius 3 is 2.95 bits per heavy atom. The van der Waals surface area contributed by atoms with E-state index in [1.807, 2.05) is 0 Å². The number of nitrogens with one attached hydrogen (secondary N) is 1. The minimum atomic E-state index is -0.317. The molecule has 0 fully saturated rings. The van der Waals surface area contributed by atoms with Crippen LogP contribution in [0, 0.1) is 17.7 Å². The van der Waals surface area contributed by atoms with Gasteiger partial charge in [-0.2, -0.15) is 0 Å². The van der Waals surface area contributed by atoms with Gasteiger partial charge < -0.3 is 10.2 Å². The van der Waals surface area contributed by atoms with Crippen molar-refractivity contribution in [2.24, 2.45) is 5.16 Å². The van der Waals surface area contributed by atoms with Gasteiger partial charge in [-0.05, 0) is 30.5 Å². The Labute approximate surface area is 117 Å². The number of carbonyl (C=O) groups excluding carboxylic acids is 1. The molecule has 104 valence electrons. The zero-order valence-electron chi connectivity index (χ0n) is 11.1. The van der Waals surface area contributed by atoms with Crippen LogP contribution in [0.25, 0.3) is 0 Å². The van der Waals surface area contributed by atoms with Crippen LogP contribution in [0.15, 0.2) is 29.4 Å². The second-order valence-electron chi connectivity index (χ2n) is 4.48. The predicted octanol–water partition coefficient (Wildman–Crippen LogP) is 1.65. The van der Waals surface area contributed by atoms with Crippen molar-refractivity contribution in [3.8, 4) is 11.8 Å². The number of halogens is 1. The molecule has 1 aromatic carbocycles. The summed E-state index contributed by atoms with van der Waals surface area (Å²) in [5.74, 6) is 4.35. The molecule has 0 aromatic heterocycles. The standard InChI is InChI=1S/C15H15FN2O2/c1-2-3-15(19)17-10-14-9-13(18-20-14)8-11-4-6-12(16)7-5-11/h4-7,14H,8-10H2,1H3,(H,17,19)/t14-/m1/s1. The first-order chi connectivity index (χ1) is 9.67. The van der Waals surface area contributed by atoms with Gasteiger partial charge in [0.2, 0.25) is 0 Å². The summed E-state index contributed by atoms with van der Waals surface area (Å²) in [5, 5.41) is 6.65. The number of benzene rings is 1. The molecule has 0 saturated carbocycles. The number of amides is 1. The molecular weight excluding hydrogens is 259 g/mol. The smallest absolute Gasteiger partial charge is 0.296 e. The Hall–Kier alpha value is -2.35. The van der Waals surface area contributed by atoms with E-state index >= 15 is 0 Å². The zero-order chi connectivity index (χ0) is 14.4. The number of rotatable bonds is 4. The molecule has 0 unspecified atom stereocenters. The van der Waals surface area contributed by atoms with Crippen LogP contribution in [0.1, 0.15) is 18.9 Å². The summed E-state index contributed by atoms with van der Waals surface area (Å²) in [7, 11) is 0. The summed E-state index contributed by atoms with van der Waals surface area (Å²) in [6.07, 6.45) is 1.12. The van der Waals surface area contributed by atoms with E-state index in [4.69, 9.17) is 4.84 Å². The van der Waals surface area contributed by atoms with E-state index in [0.29, 0.717) is 19.4 Å². The lowest BCUT2D eigenvalue weighted by molar-refractivity contribution is -0.116. The van der Waals surface area contributed by atoms with E-state index < -0.39 is 0 Å². The lowest BCUT2D eigenvalue weighted by atomic mass is 10.0. The Kier molecular flexibility index (Phi) is 4.72. The number of hydrogen-bond acceptors (Lipinski definition) is 3. The van der Waals surface area contributed by atoms with Gasteiger partial charge in [-0.1, -0.05) is 23.2 Å². The van der Waals surface area contributed by atoms with Crippen molar-refractivity contribution in [1.82, 2.24) is 5.32 Å². The molecule has 1 aromatic rings. The van der Waals surface area contributed by atoms with Crippen molar-refractivity contribution >= 4 is 11.6 Å². The van der Waals surface area contributed by atoms with Crippen molar-refractivity contribution in [3.05, 3.63) is 35.6 Å². The van der Waals surface area contributed by atoms with Gasteiger partial charge in [-0.3, -0.25) is 4.79 Å². The van der Waals surface area contributed by atoms with Crippen LogP contribution in [0.4, 0.5) is 4.39 Å². The molecule has 0 radical (unpaired) electrons. The summed E-state index contributed by atoms with van der Waals surface area (Å²) >= 11 is 0. The average Bonchev–Trinajstić information content (AvgIpc) is 2.87. The maximum Gasteiger partial charge on any atom is 0.296 e. The summed E-state index contributed by atoms with van der Waals surface area (Å²) in [4.78, 5) is 16.4. The fourth-order valence-corrected chi connectivity index (χ4v) is 1.90. The number of carbonyl (C=O) groups is 1. The highest BCUT2D eigenvalue weighted by atomic mass is 19.1. The summed E-state index contributed by atoms with van der Waals surface area (Å²) in [5.41, 5.74) is 1.87. The lowest BCUT2D eigenvalue weighted by Crippen LogP contribution is -2.31. The third kappa shape index (κ3) is 4.09.